The summed E-state index contributed by atoms with van der Waals surface area (Å²) in [5.74, 6) is 0.129. The fraction of sp³-hybridized carbons (Fsp3) is 0.409. The van der Waals surface area contributed by atoms with E-state index in [1.54, 1.807) is 29.2 Å². The van der Waals surface area contributed by atoms with E-state index in [1.807, 2.05) is 44.2 Å². The molecule has 1 amide bonds. The summed E-state index contributed by atoms with van der Waals surface area (Å²) in [6.45, 7) is 3.98. The topological polar surface area (TPSA) is 63.7 Å². The molecule has 0 aromatic heterocycles. The van der Waals surface area contributed by atoms with E-state index in [9.17, 15) is 13.2 Å². The van der Waals surface area contributed by atoms with Crippen LogP contribution in [0.15, 0.2) is 54.6 Å². The molecule has 0 N–H and O–H groups in total. The van der Waals surface area contributed by atoms with Gasteiger partial charge < -0.3 is 9.64 Å². The molecule has 150 valence electrons. The summed E-state index contributed by atoms with van der Waals surface area (Å²) in [5, 5.41) is 0. The molecule has 0 spiro atoms. The molecule has 2 aromatic carbocycles. The van der Waals surface area contributed by atoms with Gasteiger partial charge in [0, 0.05) is 17.6 Å². The van der Waals surface area contributed by atoms with Gasteiger partial charge in [-0.15, -0.1) is 0 Å². The molecule has 5 nitrogen and oxygen atoms in total. The molecule has 1 fully saturated rings. The molecule has 0 aliphatic carbocycles. The number of amides is 1. The lowest BCUT2D eigenvalue weighted by molar-refractivity contribution is -0.134. The molecule has 2 unspecified atom stereocenters. The fourth-order valence-corrected chi connectivity index (χ4v) is 5.14. The van der Waals surface area contributed by atoms with Crippen LogP contribution in [0.3, 0.4) is 0 Å². The molecule has 28 heavy (non-hydrogen) atoms. The number of benzene rings is 2. The molecule has 1 aliphatic heterocycles. The molecule has 1 heterocycles. The van der Waals surface area contributed by atoms with E-state index in [2.05, 4.69) is 0 Å². The van der Waals surface area contributed by atoms with Gasteiger partial charge in [0.2, 0.25) is 5.91 Å². The maximum absolute atomic E-state index is 12.8. The number of carbonyl (C=O) groups is 1. The molecule has 0 bridgehead atoms. The zero-order chi connectivity index (χ0) is 20.1. The first-order valence-corrected chi connectivity index (χ1v) is 11.5. The van der Waals surface area contributed by atoms with Crippen LogP contribution in [0.1, 0.15) is 38.7 Å². The Kier molecular flexibility index (Phi) is 6.39. The molecule has 1 aliphatic rings. The highest BCUT2D eigenvalue weighted by Gasteiger charge is 2.31. The summed E-state index contributed by atoms with van der Waals surface area (Å²) in [6.07, 6.45) is 2.91. The van der Waals surface area contributed by atoms with Crippen LogP contribution in [0.25, 0.3) is 0 Å². The first-order valence-electron chi connectivity index (χ1n) is 9.68. The Balaban J connectivity index is 1.73. The number of piperidine rings is 1. The second kappa shape index (κ2) is 8.78. The van der Waals surface area contributed by atoms with Gasteiger partial charge in [-0.2, -0.15) is 0 Å². The molecule has 1 saturated heterocycles. The Bertz CT molecular complexity index is 901. The van der Waals surface area contributed by atoms with Gasteiger partial charge in [0.05, 0.1) is 5.75 Å². The van der Waals surface area contributed by atoms with Crippen molar-refractivity contribution in [1.29, 1.82) is 0 Å². The van der Waals surface area contributed by atoms with Gasteiger partial charge in [-0.05, 0) is 51.3 Å². The number of ether oxygens (including phenoxy) is 1. The maximum atomic E-state index is 12.8. The molecular weight excluding hydrogens is 374 g/mol. The van der Waals surface area contributed by atoms with Crippen LogP contribution in [0, 0.1) is 0 Å². The first kappa shape index (κ1) is 20.4. The Morgan fingerprint density at radius 1 is 1.00 bits per heavy atom. The lowest BCUT2D eigenvalue weighted by Crippen LogP contribution is -2.49. The zero-order valence-electron chi connectivity index (χ0n) is 16.4. The average molecular weight is 402 g/mol. The van der Waals surface area contributed by atoms with E-state index in [1.165, 1.54) is 0 Å². The van der Waals surface area contributed by atoms with Gasteiger partial charge in [0.25, 0.3) is 0 Å². The molecular formula is C22H27NO4S. The lowest BCUT2D eigenvalue weighted by atomic mass is 9.98. The van der Waals surface area contributed by atoms with Crippen LogP contribution in [0.4, 0.5) is 0 Å². The number of rotatable bonds is 6. The van der Waals surface area contributed by atoms with Crippen molar-refractivity contribution in [2.24, 2.45) is 0 Å². The SMILES string of the molecule is CC1CCCC(C)N1C(=O)CS(=O)(=O)Cc1ccccc1Oc1ccccc1. The Morgan fingerprint density at radius 3 is 2.29 bits per heavy atom. The molecule has 2 aromatic rings. The highest BCUT2D eigenvalue weighted by atomic mass is 32.2. The van der Waals surface area contributed by atoms with Crippen LogP contribution in [0.2, 0.25) is 0 Å². The van der Waals surface area contributed by atoms with E-state index in [4.69, 9.17) is 4.74 Å². The number of para-hydroxylation sites is 2. The van der Waals surface area contributed by atoms with E-state index in [-0.39, 0.29) is 23.7 Å². The summed E-state index contributed by atoms with van der Waals surface area (Å²) in [5.41, 5.74) is 0.555. The maximum Gasteiger partial charge on any atom is 0.238 e. The van der Waals surface area contributed by atoms with Crippen molar-refractivity contribution in [2.75, 3.05) is 5.75 Å². The minimum Gasteiger partial charge on any atom is -0.457 e. The Hall–Kier alpha value is -2.34. The van der Waals surface area contributed by atoms with Crippen molar-refractivity contribution in [3.8, 4) is 11.5 Å². The van der Waals surface area contributed by atoms with Crippen LogP contribution < -0.4 is 4.74 Å². The van der Waals surface area contributed by atoms with Crippen LogP contribution in [0.5, 0.6) is 11.5 Å². The molecule has 0 radical (unpaired) electrons. The summed E-state index contributed by atoms with van der Waals surface area (Å²) in [4.78, 5) is 14.5. The lowest BCUT2D eigenvalue weighted by Gasteiger charge is -2.39. The number of hydrogen-bond acceptors (Lipinski definition) is 4. The molecule has 0 saturated carbocycles. The van der Waals surface area contributed by atoms with Gasteiger partial charge in [-0.3, -0.25) is 4.79 Å². The number of carbonyl (C=O) groups excluding carboxylic acids is 1. The zero-order valence-corrected chi connectivity index (χ0v) is 17.2. The van der Waals surface area contributed by atoms with Crippen molar-refractivity contribution >= 4 is 15.7 Å². The molecule has 3 rings (SSSR count). The van der Waals surface area contributed by atoms with E-state index in [0.717, 1.165) is 19.3 Å². The van der Waals surface area contributed by atoms with E-state index < -0.39 is 15.6 Å². The quantitative estimate of drug-likeness (QED) is 0.728. The standard InChI is InChI=1S/C22H27NO4S/c1-17-9-8-10-18(2)23(17)22(24)16-28(25,26)15-19-11-6-7-14-21(19)27-20-12-4-3-5-13-20/h3-7,11-14,17-18H,8-10,15-16H2,1-2H3. The number of likely N-dealkylation sites (tertiary alicyclic amines) is 1. The number of hydrogen-bond donors (Lipinski definition) is 0. The minimum atomic E-state index is -3.62. The molecule has 2 atom stereocenters. The Morgan fingerprint density at radius 2 is 1.61 bits per heavy atom. The first-order chi connectivity index (χ1) is 13.4. The number of nitrogens with zero attached hydrogens (tertiary/aromatic N) is 1. The summed E-state index contributed by atoms with van der Waals surface area (Å²) in [6, 6.07) is 16.4. The van der Waals surface area contributed by atoms with Gasteiger partial charge in [0.1, 0.15) is 17.3 Å². The van der Waals surface area contributed by atoms with Gasteiger partial charge in [-0.25, -0.2) is 8.42 Å². The largest absolute Gasteiger partial charge is 0.457 e. The third kappa shape index (κ3) is 5.13. The average Bonchev–Trinajstić information content (AvgIpc) is 2.63. The van der Waals surface area contributed by atoms with Crippen LogP contribution >= 0.6 is 0 Å². The van der Waals surface area contributed by atoms with Crippen molar-refractivity contribution < 1.29 is 17.9 Å². The van der Waals surface area contributed by atoms with Gasteiger partial charge in [-0.1, -0.05) is 36.4 Å². The van der Waals surface area contributed by atoms with Crippen molar-refractivity contribution in [3.05, 3.63) is 60.2 Å². The normalized spacial score (nSPS) is 20.0. The van der Waals surface area contributed by atoms with Gasteiger partial charge in [0.15, 0.2) is 9.84 Å². The van der Waals surface area contributed by atoms with E-state index >= 15 is 0 Å². The smallest absolute Gasteiger partial charge is 0.238 e. The third-order valence-corrected chi connectivity index (χ3v) is 6.58. The van der Waals surface area contributed by atoms with Crippen molar-refractivity contribution in [3.63, 3.8) is 0 Å². The fourth-order valence-electron chi connectivity index (χ4n) is 3.80. The van der Waals surface area contributed by atoms with Crippen molar-refractivity contribution in [2.45, 2.75) is 50.9 Å². The molecule has 6 heteroatoms. The minimum absolute atomic E-state index is 0.0835. The second-order valence-corrected chi connectivity index (χ2v) is 9.55. The monoisotopic (exact) mass is 401 g/mol. The summed E-state index contributed by atoms with van der Waals surface area (Å²) >= 11 is 0. The predicted octanol–water partition coefficient (Wildman–Crippen LogP) is 4.18. The third-order valence-electron chi connectivity index (χ3n) is 5.14. The number of sulfone groups is 1. The highest BCUT2D eigenvalue weighted by molar-refractivity contribution is 7.91. The Labute approximate surface area is 167 Å². The van der Waals surface area contributed by atoms with Crippen LogP contribution in [-0.2, 0) is 20.4 Å². The van der Waals surface area contributed by atoms with Crippen LogP contribution in [-0.4, -0.2) is 37.1 Å². The van der Waals surface area contributed by atoms with Gasteiger partial charge >= 0.3 is 0 Å². The second-order valence-electron chi connectivity index (χ2n) is 7.49. The predicted molar refractivity (Wildman–Crippen MR) is 110 cm³/mol. The highest BCUT2D eigenvalue weighted by Crippen LogP contribution is 2.27. The summed E-state index contributed by atoms with van der Waals surface area (Å²) in [7, 11) is -3.62. The van der Waals surface area contributed by atoms with E-state index in [0.29, 0.717) is 17.1 Å². The summed E-state index contributed by atoms with van der Waals surface area (Å²) < 4.78 is 31.4. The van der Waals surface area contributed by atoms with Crippen molar-refractivity contribution in [1.82, 2.24) is 4.90 Å².